The fraction of sp³-hybridized carbons (Fsp3) is 0.538. The Kier molecular flexibility index (Phi) is 10.7. The van der Waals surface area contributed by atoms with Gasteiger partial charge in [-0.25, -0.2) is 14.0 Å². The Morgan fingerprint density at radius 2 is 1.75 bits per heavy atom. The molecule has 2 aliphatic heterocycles. The average molecular weight is 567 g/mol. The predicted octanol–water partition coefficient (Wildman–Crippen LogP) is -0.183. The van der Waals surface area contributed by atoms with Crippen molar-refractivity contribution in [3.05, 3.63) is 35.8 Å². The number of nitrogen functional groups attached to an aromatic ring is 1. The number of benzene rings is 1. The van der Waals surface area contributed by atoms with Crippen molar-refractivity contribution < 1.29 is 49.0 Å². The lowest BCUT2D eigenvalue weighted by Crippen LogP contribution is -2.49. The van der Waals surface area contributed by atoms with Gasteiger partial charge in [0, 0.05) is 50.7 Å². The zero-order valence-electron chi connectivity index (χ0n) is 21.8. The lowest BCUT2D eigenvalue weighted by atomic mass is 9.91. The number of ether oxygens (including phenoxy) is 1. The Labute approximate surface area is 229 Å². The van der Waals surface area contributed by atoms with Gasteiger partial charge in [0.05, 0.1) is 22.4 Å². The van der Waals surface area contributed by atoms with E-state index in [0.29, 0.717) is 56.0 Å². The van der Waals surface area contributed by atoms with Crippen molar-refractivity contribution in [1.29, 1.82) is 0 Å². The number of carbonyl (C=O) groups excluding carboxylic acids is 1. The molecular weight excluding hydrogens is 531 g/mol. The van der Waals surface area contributed by atoms with Gasteiger partial charge in [0.1, 0.15) is 5.82 Å². The Bertz CT molecular complexity index is 1180. The Balaban J connectivity index is 0.000000378. The fourth-order valence-corrected chi connectivity index (χ4v) is 4.69. The highest BCUT2D eigenvalue weighted by Gasteiger charge is 2.33. The van der Waals surface area contributed by atoms with Crippen LogP contribution >= 0.6 is 0 Å². The van der Waals surface area contributed by atoms with Gasteiger partial charge in [0.2, 0.25) is 0 Å². The summed E-state index contributed by atoms with van der Waals surface area (Å²) in [5, 5.41) is 46.6. The van der Waals surface area contributed by atoms with E-state index in [1.807, 2.05) is 0 Å². The van der Waals surface area contributed by atoms with Gasteiger partial charge in [0.25, 0.3) is 5.91 Å². The number of halogens is 1. The molecule has 0 bridgehead atoms. The molecule has 2 aromatic rings. The average Bonchev–Trinajstić information content (AvgIpc) is 2.94. The minimum atomic E-state index is -2.27. The summed E-state index contributed by atoms with van der Waals surface area (Å²) in [7, 11) is 0. The van der Waals surface area contributed by atoms with Gasteiger partial charge >= 0.3 is 11.9 Å². The SMILES string of the molecule is Nc1c(F)cc(C(=O)NCC2CCN(CC3(O)CCOCC3)CC2)c2ncccc12.O=C(O)[C@H](O)[C@@H](O)C(=O)O. The zero-order chi connectivity index (χ0) is 29.4. The molecule has 13 nitrogen and oxygen atoms in total. The van der Waals surface area contributed by atoms with Crippen molar-refractivity contribution in [2.24, 2.45) is 5.92 Å². The number of nitrogens with one attached hydrogen (secondary N) is 1. The van der Waals surface area contributed by atoms with Crippen LogP contribution in [0.5, 0.6) is 0 Å². The van der Waals surface area contributed by atoms with Crippen molar-refractivity contribution in [2.45, 2.75) is 43.5 Å². The number of hydrogen-bond acceptors (Lipinski definition) is 10. The van der Waals surface area contributed by atoms with Crippen LogP contribution in [0.1, 0.15) is 36.0 Å². The lowest BCUT2D eigenvalue weighted by molar-refractivity contribution is -0.165. The molecule has 2 saturated heterocycles. The molecule has 0 spiro atoms. The summed E-state index contributed by atoms with van der Waals surface area (Å²) in [6.07, 6.45) is 0.296. The van der Waals surface area contributed by atoms with Crippen LogP contribution in [0.15, 0.2) is 24.4 Å². The Morgan fingerprint density at radius 3 is 2.33 bits per heavy atom. The highest BCUT2D eigenvalue weighted by atomic mass is 19.1. The number of piperidine rings is 1. The minimum Gasteiger partial charge on any atom is -0.479 e. The van der Waals surface area contributed by atoms with Crippen LogP contribution in [0.2, 0.25) is 0 Å². The summed E-state index contributed by atoms with van der Waals surface area (Å²) in [5.41, 5.74) is 5.77. The van der Waals surface area contributed by atoms with E-state index in [2.05, 4.69) is 15.2 Å². The van der Waals surface area contributed by atoms with Crippen LogP contribution < -0.4 is 11.1 Å². The maximum Gasteiger partial charge on any atom is 0.335 e. The number of carboxylic acids is 2. The molecule has 2 aliphatic rings. The normalized spacial score (nSPS) is 19.2. The second kappa shape index (κ2) is 13.8. The Hall–Kier alpha value is -3.43. The minimum absolute atomic E-state index is 0.00760. The van der Waals surface area contributed by atoms with Crippen molar-refractivity contribution in [1.82, 2.24) is 15.2 Å². The molecule has 0 radical (unpaired) electrons. The van der Waals surface area contributed by atoms with Gasteiger partial charge in [-0.2, -0.15) is 0 Å². The first-order chi connectivity index (χ1) is 18.9. The van der Waals surface area contributed by atoms with Crippen molar-refractivity contribution in [2.75, 3.05) is 45.1 Å². The molecule has 14 heteroatoms. The number of rotatable bonds is 8. The van der Waals surface area contributed by atoms with Crippen LogP contribution in [0.4, 0.5) is 10.1 Å². The third-order valence-corrected chi connectivity index (χ3v) is 7.13. The van der Waals surface area contributed by atoms with Crippen molar-refractivity contribution >= 4 is 34.4 Å². The van der Waals surface area contributed by atoms with Crippen LogP contribution in [-0.4, -0.2) is 110 Å². The molecule has 0 unspecified atom stereocenters. The largest absolute Gasteiger partial charge is 0.479 e. The second-order valence-corrected chi connectivity index (χ2v) is 10.1. The monoisotopic (exact) mass is 566 g/mol. The summed E-state index contributed by atoms with van der Waals surface area (Å²) in [5.74, 6) is -4.13. The molecule has 220 valence electrons. The van der Waals surface area contributed by atoms with E-state index >= 15 is 0 Å². The summed E-state index contributed by atoms with van der Waals surface area (Å²) in [6.45, 7) is 4.24. The van der Waals surface area contributed by atoms with Gasteiger partial charge in [-0.05, 0) is 50.0 Å². The quantitative estimate of drug-likeness (QED) is 0.207. The summed E-state index contributed by atoms with van der Waals surface area (Å²) in [6, 6.07) is 4.50. The maximum atomic E-state index is 14.2. The summed E-state index contributed by atoms with van der Waals surface area (Å²) >= 11 is 0. The number of aromatic nitrogens is 1. The predicted molar refractivity (Wildman–Crippen MR) is 140 cm³/mol. The second-order valence-electron chi connectivity index (χ2n) is 10.1. The van der Waals surface area contributed by atoms with Crippen LogP contribution in [0.3, 0.4) is 0 Å². The van der Waals surface area contributed by atoms with Crippen molar-refractivity contribution in [3.63, 3.8) is 0 Å². The maximum absolute atomic E-state index is 14.2. The number of pyridine rings is 1. The molecule has 1 aromatic carbocycles. The summed E-state index contributed by atoms with van der Waals surface area (Å²) < 4.78 is 19.5. The van der Waals surface area contributed by atoms with Crippen molar-refractivity contribution in [3.8, 4) is 0 Å². The number of amides is 1. The van der Waals surface area contributed by atoms with Crippen LogP contribution in [0, 0.1) is 11.7 Å². The topological polar surface area (TPSA) is 216 Å². The number of likely N-dealkylation sites (tertiary alicyclic amines) is 1. The van der Waals surface area contributed by atoms with E-state index in [-0.39, 0.29) is 17.2 Å². The number of β-amino-alcohol motifs (C(OH)–C–C–N with tert-alkyl or cyclic N) is 1. The number of nitrogens with two attached hydrogens (primary N) is 1. The number of aliphatic carboxylic acids is 2. The number of nitrogens with zero attached hydrogens (tertiary/aromatic N) is 2. The van der Waals surface area contributed by atoms with Gasteiger partial charge in [0.15, 0.2) is 12.2 Å². The number of carboxylic acid groups (broad SMARTS) is 2. The molecule has 1 aromatic heterocycles. The number of fused-ring (bicyclic) bond motifs is 1. The number of anilines is 1. The molecule has 2 atom stereocenters. The number of aliphatic hydroxyl groups excluding tert-OH is 2. The zero-order valence-corrected chi connectivity index (χ0v) is 21.8. The standard InChI is InChI=1S/C22H29FN4O3.C4H6O6/c23-18-12-17(20-16(19(18)24)2-1-7-25-20)21(28)26-13-15-3-8-27(9-4-15)14-22(29)5-10-30-11-6-22;5-1(3(7)8)2(6)4(9)10/h1-2,7,12,15,29H,3-6,8-11,13-14,24H2,(H,26,28);1-2,5-6H,(H,7,8)(H,9,10)/t;1-,2-/m.1/s1. The highest BCUT2D eigenvalue weighted by Crippen LogP contribution is 2.27. The van der Waals surface area contributed by atoms with Crippen LogP contribution in [0.25, 0.3) is 10.9 Å². The van der Waals surface area contributed by atoms with Gasteiger partial charge in [-0.3, -0.25) is 9.78 Å². The number of aliphatic hydroxyl groups is 3. The van der Waals surface area contributed by atoms with E-state index in [4.69, 9.17) is 30.9 Å². The number of carbonyl (C=O) groups is 3. The van der Waals surface area contributed by atoms with E-state index in [1.165, 1.54) is 0 Å². The highest BCUT2D eigenvalue weighted by molar-refractivity contribution is 6.08. The first kappa shape index (κ1) is 31.1. The first-order valence-electron chi connectivity index (χ1n) is 12.9. The Morgan fingerprint density at radius 1 is 1.15 bits per heavy atom. The molecule has 3 heterocycles. The van der Waals surface area contributed by atoms with Gasteiger partial charge in [-0.1, -0.05) is 0 Å². The molecule has 0 aliphatic carbocycles. The molecule has 40 heavy (non-hydrogen) atoms. The third-order valence-electron chi connectivity index (χ3n) is 7.13. The molecule has 0 saturated carbocycles. The number of hydrogen-bond donors (Lipinski definition) is 7. The smallest absolute Gasteiger partial charge is 0.335 e. The van der Waals surface area contributed by atoms with E-state index in [0.717, 1.165) is 32.0 Å². The van der Waals surface area contributed by atoms with E-state index in [1.54, 1.807) is 18.3 Å². The molecule has 4 rings (SSSR count). The lowest BCUT2D eigenvalue weighted by Gasteiger charge is -2.39. The molecule has 2 fully saturated rings. The fourth-order valence-electron chi connectivity index (χ4n) is 4.69. The van der Waals surface area contributed by atoms with Gasteiger partial charge in [-0.15, -0.1) is 0 Å². The van der Waals surface area contributed by atoms with E-state index in [9.17, 15) is 23.9 Å². The van der Waals surface area contributed by atoms with E-state index < -0.39 is 35.6 Å². The molecular formula is C26H35FN4O9. The first-order valence-corrected chi connectivity index (χ1v) is 12.9. The van der Waals surface area contributed by atoms with Crippen LogP contribution in [-0.2, 0) is 14.3 Å². The summed E-state index contributed by atoms with van der Waals surface area (Å²) in [4.78, 5) is 38.8. The van der Waals surface area contributed by atoms with Gasteiger partial charge < -0.3 is 46.2 Å². The molecule has 1 amide bonds. The molecule has 8 N–H and O–H groups in total. The third kappa shape index (κ3) is 8.05.